The second kappa shape index (κ2) is 14.9. The Morgan fingerprint density at radius 3 is 2.19 bits per heavy atom. The molecule has 1 saturated carbocycles. The number of rotatable bonds is 13. The van der Waals surface area contributed by atoms with Gasteiger partial charge in [0.15, 0.2) is 0 Å². The van der Waals surface area contributed by atoms with Crippen molar-refractivity contribution in [1.82, 2.24) is 10.2 Å². The molecule has 0 spiro atoms. The number of sulfonamides is 1. The van der Waals surface area contributed by atoms with E-state index in [1.165, 1.54) is 31.3 Å². The molecule has 1 aliphatic carbocycles. The van der Waals surface area contributed by atoms with Crippen LogP contribution in [0.1, 0.15) is 44.6 Å². The number of nitrogens with zero attached hydrogens (tertiary/aromatic N) is 2. The Morgan fingerprint density at radius 1 is 0.884 bits per heavy atom. The molecule has 0 aliphatic heterocycles. The largest absolute Gasteiger partial charge is 0.497 e. The SMILES string of the molecule is COc1ccc(S(=O)(=O)N(CC(=O)N(CCc2ccccc2)[C@@H](C)C(=O)NC2CCCCC2)c2ccccc2OC)cc1. The van der Waals surface area contributed by atoms with Gasteiger partial charge in [-0.25, -0.2) is 8.42 Å². The number of nitrogens with one attached hydrogen (secondary N) is 1. The summed E-state index contributed by atoms with van der Waals surface area (Å²) in [5.41, 5.74) is 1.23. The first kappa shape index (κ1) is 31.9. The van der Waals surface area contributed by atoms with Gasteiger partial charge in [-0.05, 0) is 68.1 Å². The smallest absolute Gasteiger partial charge is 0.264 e. The summed E-state index contributed by atoms with van der Waals surface area (Å²) in [4.78, 5) is 29.1. The van der Waals surface area contributed by atoms with E-state index >= 15 is 0 Å². The average molecular weight is 608 g/mol. The van der Waals surface area contributed by atoms with Crippen LogP contribution in [0.2, 0.25) is 0 Å². The standard InChI is InChI=1S/C33H41N3O6S/c1-25(33(38)34-27-14-8-5-9-15-27)35(23-22-26-12-6-4-7-13-26)32(37)24-36(30-16-10-11-17-31(30)42-3)43(39,40)29-20-18-28(41-2)19-21-29/h4,6-7,10-13,16-21,25,27H,5,8-9,14-15,22-24H2,1-3H3,(H,34,38)/t25-/m0/s1. The van der Waals surface area contributed by atoms with Crippen molar-refractivity contribution < 1.29 is 27.5 Å². The molecular weight excluding hydrogens is 566 g/mol. The number of methoxy groups -OCH3 is 2. The van der Waals surface area contributed by atoms with E-state index in [1.54, 1.807) is 43.3 Å². The van der Waals surface area contributed by atoms with Gasteiger partial charge in [-0.15, -0.1) is 0 Å². The van der Waals surface area contributed by atoms with Gasteiger partial charge in [-0.3, -0.25) is 13.9 Å². The van der Waals surface area contributed by atoms with Crippen LogP contribution in [0, 0.1) is 0 Å². The van der Waals surface area contributed by atoms with Gasteiger partial charge in [0.25, 0.3) is 10.0 Å². The Kier molecular flexibility index (Phi) is 11.1. The van der Waals surface area contributed by atoms with Crippen molar-refractivity contribution in [3.05, 3.63) is 84.4 Å². The average Bonchev–Trinajstić information content (AvgIpc) is 3.04. The van der Waals surface area contributed by atoms with Crippen molar-refractivity contribution >= 4 is 27.5 Å². The maximum atomic E-state index is 14.1. The Hall–Kier alpha value is -4.05. The molecule has 1 atom stereocenters. The second-order valence-electron chi connectivity index (χ2n) is 10.7. The summed E-state index contributed by atoms with van der Waals surface area (Å²) in [6, 6.07) is 21.6. The summed E-state index contributed by atoms with van der Waals surface area (Å²) < 4.78 is 39.9. The van der Waals surface area contributed by atoms with Gasteiger partial charge in [0.2, 0.25) is 11.8 Å². The van der Waals surface area contributed by atoms with Crippen LogP contribution in [-0.2, 0) is 26.0 Å². The minimum atomic E-state index is -4.23. The Morgan fingerprint density at radius 2 is 1.53 bits per heavy atom. The fourth-order valence-electron chi connectivity index (χ4n) is 5.36. The van der Waals surface area contributed by atoms with Crippen molar-refractivity contribution in [2.45, 2.75) is 62.4 Å². The maximum Gasteiger partial charge on any atom is 0.264 e. The third kappa shape index (κ3) is 8.07. The Labute approximate surface area is 254 Å². The van der Waals surface area contributed by atoms with Gasteiger partial charge >= 0.3 is 0 Å². The highest BCUT2D eigenvalue weighted by atomic mass is 32.2. The van der Waals surface area contributed by atoms with Crippen LogP contribution in [0.15, 0.2) is 83.8 Å². The highest BCUT2D eigenvalue weighted by Crippen LogP contribution is 2.33. The Balaban J connectivity index is 1.67. The molecule has 9 nitrogen and oxygen atoms in total. The van der Waals surface area contributed by atoms with E-state index < -0.39 is 28.5 Å². The number of benzene rings is 3. The van der Waals surface area contributed by atoms with Gasteiger partial charge in [0, 0.05) is 12.6 Å². The van der Waals surface area contributed by atoms with Crippen LogP contribution in [0.3, 0.4) is 0 Å². The molecule has 1 N–H and O–H groups in total. The molecule has 0 heterocycles. The van der Waals surface area contributed by atoms with E-state index in [1.807, 2.05) is 30.3 Å². The fourth-order valence-corrected chi connectivity index (χ4v) is 6.79. The summed E-state index contributed by atoms with van der Waals surface area (Å²) >= 11 is 0. The lowest BCUT2D eigenvalue weighted by atomic mass is 9.95. The number of hydrogen-bond acceptors (Lipinski definition) is 6. The molecule has 4 rings (SSSR count). The van der Waals surface area contributed by atoms with Crippen molar-refractivity contribution in [2.24, 2.45) is 0 Å². The molecule has 0 aromatic heterocycles. The van der Waals surface area contributed by atoms with E-state index in [9.17, 15) is 18.0 Å². The molecule has 3 aromatic carbocycles. The van der Waals surface area contributed by atoms with Crippen LogP contribution in [0.4, 0.5) is 5.69 Å². The quantitative estimate of drug-likeness (QED) is 0.299. The van der Waals surface area contributed by atoms with Gasteiger partial charge in [0.1, 0.15) is 24.1 Å². The third-order valence-corrected chi connectivity index (χ3v) is 9.66. The lowest BCUT2D eigenvalue weighted by molar-refractivity contribution is -0.139. The van der Waals surface area contributed by atoms with Crippen molar-refractivity contribution in [3.8, 4) is 11.5 Å². The van der Waals surface area contributed by atoms with E-state index in [0.717, 1.165) is 42.0 Å². The van der Waals surface area contributed by atoms with Gasteiger partial charge < -0.3 is 19.7 Å². The van der Waals surface area contributed by atoms with Gasteiger partial charge in [-0.2, -0.15) is 0 Å². The maximum absolute atomic E-state index is 14.1. The summed E-state index contributed by atoms with van der Waals surface area (Å²) in [5.74, 6) is 0.0652. The highest BCUT2D eigenvalue weighted by molar-refractivity contribution is 7.92. The molecule has 1 fully saturated rings. The van der Waals surface area contributed by atoms with E-state index in [0.29, 0.717) is 17.9 Å². The zero-order valence-corrected chi connectivity index (χ0v) is 25.9. The van der Waals surface area contributed by atoms with E-state index in [4.69, 9.17) is 9.47 Å². The number of hydrogen-bond donors (Lipinski definition) is 1. The number of anilines is 1. The zero-order chi connectivity index (χ0) is 30.8. The summed E-state index contributed by atoms with van der Waals surface area (Å²) in [5, 5.41) is 3.13. The van der Waals surface area contributed by atoms with Gasteiger partial charge in [0.05, 0.1) is 24.8 Å². The number of para-hydroxylation sites is 2. The molecule has 0 radical (unpaired) electrons. The summed E-state index contributed by atoms with van der Waals surface area (Å²) in [6.07, 6.45) is 5.62. The molecule has 0 unspecified atom stereocenters. The third-order valence-electron chi connectivity index (χ3n) is 7.88. The van der Waals surface area contributed by atoms with E-state index in [-0.39, 0.29) is 29.1 Å². The summed E-state index contributed by atoms with van der Waals surface area (Å²) in [7, 11) is -1.28. The predicted octanol–water partition coefficient (Wildman–Crippen LogP) is 4.81. The first-order valence-corrected chi connectivity index (χ1v) is 16.1. The molecule has 3 aromatic rings. The number of carbonyl (C=O) groups excluding carboxylic acids is 2. The number of amides is 2. The molecule has 1 aliphatic rings. The highest BCUT2D eigenvalue weighted by Gasteiger charge is 2.34. The molecule has 0 bridgehead atoms. The molecular formula is C33H41N3O6S. The van der Waals surface area contributed by atoms with Crippen molar-refractivity contribution in [2.75, 3.05) is 31.6 Å². The minimum Gasteiger partial charge on any atom is -0.497 e. The molecule has 2 amide bonds. The minimum absolute atomic E-state index is 0.00840. The molecule has 43 heavy (non-hydrogen) atoms. The normalized spacial score (nSPS) is 14.4. The topological polar surface area (TPSA) is 105 Å². The van der Waals surface area contributed by atoms with Crippen LogP contribution >= 0.6 is 0 Å². The van der Waals surface area contributed by atoms with Crippen LogP contribution < -0.4 is 19.1 Å². The predicted molar refractivity (Wildman–Crippen MR) is 167 cm³/mol. The lowest BCUT2D eigenvalue weighted by Crippen LogP contribution is -2.53. The summed E-state index contributed by atoms with van der Waals surface area (Å²) in [6.45, 7) is 1.42. The number of ether oxygens (including phenoxy) is 2. The first-order valence-electron chi connectivity index (χ1n) is 14.7. The van der Waals surface area contributed by atoms with Crippen LogP contribution in [0.5, 0.6) is 11.5 Å². The van der Waals surface area contributed by atoms with Crippen molar-refractivity contribution in [1.29, 1.82) is 0 Å². The van der Waals surface area contributed by atoms with E-state index in [2.05, 4.69) is 5.32 Å². The fraction of sp³-hybridized carbons (Fsp3) is 0.394. The first-order chi connectivity index (χ1) is 20.7. The van der Waals surface area contributed by atoms with Gasteiger partial charge in [-0.1, -0.05) is 61.7 Å². The number of carbonyl (C=O) groups is 2. The molecule has 10 heteroatoms. The molecule has 230 valence electrons. The molecule has 0 saturated heterocycles. The monoisotopic (exact) mass is 607 g/mol. The zero-order valence-electron chi connectivity index (χ0n) is 25.1. The second-order valence-corrected chi connectivity index (χ2v) is 12.6. The lowest BCUT2D eigenvalue weighted by Gasteiger charge is -2.33. The van der Waals surface area contributed by atoms with Crippen LogP contribution in [-0.4, -0.2) is 64.5 Å². The Bertz CT molecular complexity index is 1460. The van der Waals surface area contributed by atoms with Crippen LogP contribution in [0.25, 0.3) is 0 Å². The van der Waals surface area contributed by atoms with Crippen molar-refractivity contribution in [3.63, 3.8) is 0 Å².